The van der Waals surface area contributed by atoms with Crippen LogP contribution in [0.15, 0.2) is 54.6 Å². The van der Waals surface area contributed by atoms with Crippen molar-refractivity contribution in [2.75, 3.05) is 13.2 Å². The van der Waals surface area contributed by atoms with Crippen LogP contribution in [0.1, 0.15) is 42.6 Å². The highest BCUT2D eigenvalue weighted by molar-refractivity contribution is 6.07. The summed E-state index contributed by atoms with van der Waals surface area (Å²) >= 11 is 0. The lowest BCUT2D eigenvalue weighted by atomic mass is 10.1. The molecule has 126 valence electrons. The molecule has 0 saturated heterocycles. The smallest absolute Gasteiger partial charge is 0.185 e. The summed E-state index contributed by atoms with van der Waals surface area (Å²) in [5.74, 6) is 1.26. The van der Waals surface area contributed by atoms with Crippen molar-refractivity contribution >= 4 is 11.9 Å². The van der Waals surface area contributed by atoms with Gasteiger partial charge in [-0.25, -0.2) is 0 Å². The highest BCUT2D eigenvalue weighted by Crippen LogP contribution is 2.29. The quantitative estimate of drug-likeness (QED) is 0.472. The molecule has 0 heterocycles. The normalized spacial score (nSPS) is 10.8. The fourth-order valence-electron chi connectivity index (χ4n) is 2.15. The van der Waals surface area contributed by atoms with Crippen molar-refractivity contribution in [1.82, 2.24) is 0 Å². The van der Waals surface area contributed by atoms with Gasteiger partial charge in [-0.2, -0.15) is 0 Å². The van der Waals surface area contributed by atoms with E-state index in [1.54, 1.807) is 18.2 Å². The van der Waals surface area contributed by atoms with Gasteiger partial charge in [0.15, 0.2) is 17.3 Å². The van der Waals surface area contributed by atoms with Gasteiger partial charge < -0.3 is 9.47 Å². The van der Waals surface area contributed by atoms with Crippen LogP contribution in [0, 0.1) is 0 Å². The fraction of sp³-hybridized carbons (Fsp3) is 0.286. The van der Waals surface area contributed by atoms with Crippen LogP contribution in [0.4, 0.5) is 0 Å². The summed E-state index contributed by atoms with van der Waals surface area (Å²) in [7, 11) is 0. The molecule has 0 aliphatic carbocycles. The summed E-state index contributed by atoms with van der Waals surface area (Å²) in [6, 6.07) is 15.1. The first kappa shape index (κ1) is 17.8. The molecule has 0 amide bonds. The number of carbonyl (C=O) groups is 1. The first-order chi connectivity index (χ1) is 11.7. The monoisotopic (exact) mass is 324 g/mol. The van der Waals surface area contributed by atoms with Crippen LogP contribution in [0.3, 0.4) is 0 Å². The van der Waals surface area contributed by atoms with E-state index in [4.69, 9.17) is 9.47 Å². The molecule has 3 nitrogen and oxygen atoms in total. The van der Waals surface area contributed by atoms with Crippen LogP contribution in [0.25, 0.3) is 6.08 Å². The van der Waals surface area contributed by atoms with E-state index in [2.05, 4.69) is 6.92 Å². The van der Waals surface area contributed by atoms with Crippen LogP contribution < -0.4 is 9.47 Å². The van der Waals surface area contributed by atoms with Crippen LogP contribution in [0.2, 0.25) is 0 Å². The second kappa shape index (κ2) is 9.56. The Hall–Kier alpha value is -2.55. The number of hydrogen-bond donors (Lipinski definition) is 0. The highest BCUT2D eigenvalue weighted by atomic mass is 16.5. The molecule has 0 N–H and O–H groups in total. The first-order valence-electron chi connectivity index (χ1n) is 8.41. The minimum Gasteiger partial charge on any atom is -0.490 e. The Morgan fingerprint density at radius 1 is 0.917 bits per heavy atom. The van der Waals surface area contributed by atoms with Gasteiger partial charge in [0.2, 0.25) is 0 Å². The van der Waals surface area contributed by atoms with E-state index in [-0.39, 0.29) is 5.78 Å². The summed E-state index contributed by atoms with van der Waals surface area (Å²) < 4.78 is 11.4. The van der Waals surface area contributed by atoms with Crippen LogP contribution in [-0.4, -0.2) is 19.0 Å². The average molecular weight is 324 g/mol. The van der Waals surface area contributed by atoms with Crippen molar-refractivity contribution in [2.45, 2.75) is 26.7 Å². The van der Waals surface area contributed by atoms with Gasteiger partial charge in [0, 0.05) is 5.56 Å². The van der Waals surface area contributed by atoms with Gasteiger partial charge in [-0.3, -0.25) is 4.79 Å². The number of rotatable bonds is 9. The van der Waals surface area contributed by atoms with Crippen molar-refractivity contribution in [3.8, 4) is 11.5 Å². The molecule has 0 fully saturated rings. The van der Waals surface area contributed by atoms with E-state index in [0.29, 0.717) is 30.3 Å². The van der Waals surface area contributed by atoms with E-state index in [9.17, 15) is 4.79 Å². The first-order valence-corrected chi connectivity index (χ1v) is 8.41. The minimum atomic E-state index is -0.0535. The number of allylic oxidation sites excluding steroid dienone is 1. The molecule has 3 heteroatoms. The highest BCUT2D eigenvalue weighted by Gasteiger charge is 2.10. The molecule has 0 aliphatic rings. The summed E-state index contributed by atoms with van der Waals surface area (Å²) in [5.41, 5.74) is 1.59. The van der Waals surface area contributed by atoms with E-state index in [1.165, 1.54) is 0 Å². The van der Waals surface area contributed by atoms with E-state index >= 15 is 0 Å². The Balaban J connectivity index is 2.16. The molecular formula is C21H24O3. The molecule has 2 rings (SSSR count). The van der Waals surface area contributed by atoms with Crippen LogP contribution in [0.5, 0.6) is 11.5 Å². The van der Waals surface area contributed by atoms with Crippen molar-refractivity contribution in [3.05, 3.63) is 65.7 Å². The van der Waals surface area contributed by atoms with E-state index in [1.807, 2.05) is 49.4 Å². The molecule has 2 aromatic rings. The Kier molecular flexibility index (Phi) is 7.09. The van der Waals surface area contributed by atoms with Gasteiger partial charge in [0.1, 0.15) is 0 Å². The largest absolute Gasteiger partial charge is 0.490 e. The predicted octanol–water partition coefficient (Wildman–Crippen LogP) is 5.16. The van der Waals surface area contributed by atoms with Crippen LogP contribution in [-0.2, 0) is 0 Å². The number of ketones is 1. The number of ether oxygens (including phenoxy) is 2. The van der Waals surface area contributed by atoms with Gasteiger partial charge in [0.05, 0.1) is 13.2 Å². The molecule has 0 radical (unpaired) electrons. The number of benzene rings is 2. The Bertz CT molecular complexity index is 675. The van der Waals surface area contributed by atoms with Crippen molar-refractivity contribution < 1.29 is 14.3 Å². The molecule has 0 atom stereocenters. The van der Waals surface area contributed by atoms with Gasteiger partial charge in [0.25, 0.3) is 0 Å². The van der Waals surface area contributed by atoms with Gasteiger partial charge in [-0.05, 0) is 42.7 Å². The molecule has 0 aromatic heterocycles. The predicted molar refractivity (Wildman–Crippen MR) is 97.8 cm³/mol. The summed E-state index contributed by atoms with van der Waals surface area (Å²) in [5, 5.41) is 0. The topological polar surface area (TPSA) is 35.5 Å². The molecule has 0 saturated carbocycles. The van der Waals surface area contributed by atoms with E-state index in [0.717, 1.165) is 18.4 Å². The van der Waals surface area contributed by atoms with Crippen molar-refractivity contribution in [3.63, 3.8) is 0 Å². The summed E-state index contributed by atoms with van der Waals surface area (Å²) in [4.78, 5) is 12.4. The third kappa shape index (κ3) is 5.27. The third-order valence-electron chi connectivity index (χ3n) is 3.38. The van der Waals surface area contributed by atoms with Gasteiger partial charge >= 0.3 is 0 Å². The summed E-state index contributed by atoms with van der Waals surface area (Å²) in [6.07, 6.45) is 5.23. The SMILES string of the molecule is CCCOc1ccc(C(=O)C=Cc2ccccc2)cc1OCCC. The average Bonchev–Trinajstić information content (AvgIpc) is 2.63. The van der Waals surface area contributed by atoms with E-state index < -0.39 is 0 Å². The summed E-state index contributed by atoms with van der Waals surface area (Å²) in [6.45, 7) is 5.33. The maximum atomic E-state index is 12.4. The number of hydrogen-bond acceptors (Lipinski definition) is 3. The molecule has 24 heavy (non-hydrogen) atoms. The second-order valence-corrected chi connectivity index (χ2v) is 5.47. The lowest BCUT2D eigenvalue weighted by molar-refractivity contribution is 0.104. The zero-order chi connectivity index (χ0) is 17.2. The Morgan fingerprint density at radius 2 is 1.58 bits per heavy atom. The second-order valence-electron chi connectivity index (χ2n) is 5.47. The van der Waals surface area contributed by atoms with Crippen LogP contribution >= 0.6 is 0 Å². The fourth-order valence-corrected chi connectivity index (χ4v) is 2.15. The van der Waals surface area contributed by atoms with Crippen molar-refractivity contribution in [2.24, 2.45) is 0 Å². The van der Waals surface area contributed by atoms with Gasteiger partial charge in [-0.1, -0.05) is 50.3 Å². The Labute approximate surface area is 143 Å². The number of carbonyl (C=O) groups excluding carboxylic acids is 1. The lowest BCUT2D eigenvalue weighted by Crippen LogP contribution is -2.03. The van der Waals surface area contributed by atoms with Crippen molar-refractivity contribution in [1.29, 1.82) is 0 Å². The maximum Gasteiger partial charge on any atom is 0.185 e. The minimum absolute atomic E-state index is 0.0535. The lowest BCUT2D eigenvalue weighted by Gasteiger charge is -2.12. The zero-order valence-electron chi connectivity index (χ0n) is 14.3. The third-order valence-corrected chi connectivity index (χ3v) is 3.38. The molecule has 2 aromatic carbocycles. The Morgan fingerprint density at radius 3 is 2.25 bits per heavy atom. The molecule has 0 bridgehead atoms. The zero-order valence-corrected chi connectivity index (χ0v) is 14.3. The molecule has 0 spiro atoms. The maximum absolute atomic E-state index is 12.4. The molecule has 0 aliphatic heterocycles. The standard InChI is InChI=1S/C21H24O3/c1-3-14-23-20-13-11-18(16-21(20)24-15-4-2)19(22)12-10-17-8-6-5-7-9-17/h5-13,16H,3-4,14-15H2,1-2H3. The van der Waals surface area contributed by atoms with Gasteiger partial charge in [-0.15, -0.1) is 0 Å². The molecular weight excluding hydrogens is 300 g/mol. The molecule has 0 unspecified atom stereocenters.